The van der Waals surface area contributed by atoms with Crippen LogP contribution < -0.4 is 5.32 Å². The molecule has 1 heterocycles. The summed E-state index contributed by atoms with van der Waals surface area (Å²) in [6.07, 6.45) is 1.68. The molecule has 0 radical (unpaired) electrons. The Hall–Kier alpha value is -1.53. The van der Waals surface area contributed by atoms with Crippen LogP contribution in [-0.4, -0.2) is 25.9 Å². The first-order valence-corrected chi connectivity index (χ1v) is 7.85. The van der Waals surface area contributed by atoms with Gasteiger partial charge in [0.1, 0.15) is 6.33 Å². The molecule has 0 saturated carbocycles. The molecule has 1 N–H and O–H groups in total. The number of carbonyl (C=O) groups excluding carboxylic acids is 1. The Balaban J connectivity index is 2.01. The van der Waals surface area contributed by atoms with E-state index in [0.29, 0.717) is 10.7 Å². The summed E-state index contributed by atoms with van der Waals surface area (Å²) in [6.45, 7) is 5.93. The van der Waals surface area contributed by atoms with Crippen LogP contribution >= 0.6 is 23.4 Å². The zero-order valence-corrected chi connectivity index (χ0v) is 13.6. The van der Waals surface area contributed by atoms with Crippen LogP contribution in [0.2, 0.25) is 5.02 Å². The van der Waals surface area contributed by atoms with Crippen LogP contribution in [0.5, 0.6) is 0 Å². The molecule has 0 aliphatic carbocycles. The molecule has 1 aromatic heterocycles. The van der Waals surface area contributed by atoms with Gasteiger partial charge in [-0.15, -0.1) is 10.2 Å². The van der Waals surface area contributed by atoms with Crippen molar-refractivity contribution >= 4 is 35.0 Å². The highest BCUT2D eigenvalue weighted by atomic mass is 35.5. The van der Waals surface area contributed by atoms with Gasteiger partial charge < -0.3 is 9.88 Å². The van der Waals surface area contributed by atoms with Crippen molar-refractivity contribution in [2.75, 3.05) is 5.32 Å². The molecule has 2 rings (SSSR count). The maximum atomic E-state index is 12.2. The smallest absolute Gasteiger partial charge is 0.237 e. The van der Waals surface area contributed by atoms with E-state index in [4.69, 9.17) is 11.6 Å². The maximum Gasteiger partial charge on any atom is 0.237 e. The number of benzene rings is 1. The van der Waals surface area contributed by atoms with Crippen molar-refractivity contribution in [3.63, 3.8) is 0 Å². The molecule has 1 amide bonds. The van der Waals surface area contributed by atoms with Crippen molar-refractivity contribution in [1.82, 2.24) is 14.8 Å². The van der Waals surface area contributed by atoms with Crippen molar-refractivity contribution in [2.45, 2.75) is 37.2 Å². The number of nitrogens with zero attached hydrogens (tertiary/aromatic N) is 3. The van der Waals surface area contributed by atoms with Crippen molar-refractivity contribution in [3.8, 4) is 0 Å². The Kier molecular flexibility index (Phi) is 5.25. The first-order chi connectivity index (χ1) is 9.97. The van der Waals surface area contributed by atoms with Gasteiger partial charge in [-0.1, -0.05) is 29.4 Å². The summed E-state index contributed by atoms with van der Waals surface area (Å²) in [5.41, 5.74) is 0.685. The van der Waals surface area contributed by atoms with Gasteiger partial charge in [-0.2, -0.15) is 0 Å². The van der Waals surface area contributed by atoms with Crippen molar-refractivity contribution in [3.05, 3.63) is 35.6 Å². The molecule has 0 aliphatic heterocycles. The molecule has 0 spiro atoms. The van der Waals surface area contributed by atoms with E-state index in [1.807, 2.05) is 25.3 Å². The molecule has 0 aliphatic rings. The minimum atomic E-state index is -0.286. The van der Waals surface area contributed by atoms with E-state index in [2.05, 4.69) is 15.5 Å². The largest absolute Gasteiger partial charge is 0.325 e. The summed E-state index contributed by atoms with van der Waals surface area (Å²) < 4.78 is 1.94. The zero-order valence-electron chi connectivity index (χ0n) is 12.1. The lowest BCUT2D eigenvalue weighted by Gasteiger charge is -2.14. The summed E-state index contributed by atoms with van der Waals surface area (Å²) in [5, 5.41) is 11.8. The van der Waals surface area contributed by atoms with E-state index in [1.54, 1.807) is 30.6 Å². The fourth-order valence-electron chi connectivity index (χ4n) is 1.69. The molecule has 7 heteroatoms. The number of hydrogen-bond acceptors (Lipinski definition) is 4. The second-order valence-electron chi connectivity index (χ2n) is 4.87. The topological polar surface area (TPSA) is 59.8 Å². The molecule has 0 fully saturated rings. The highest BCUT2D eigenvalue weighted by molar-refractivity contribution is 8.00. The first kappa shape index (κ1) is 15.9. The molecule has 0 unspecified atom stereocenters. The minimum absolute atomic E-state index is 0.0967. The van der Waals surface area contributed by atoms with E-state index in [9.17, 15) is 4.79 Å². The number of rotatable bonds is 5. The van der Waals surface area contributed by atoms with Crippen molar-refractivity contribution in [1.29, 1.82) is 0 Å². The summed E-state index contributed by atoms with van der Waals surface area (Å²) in [7, 11) is 0. The molecular weight excluding hydrogens is 308 g/mol. The highest BCUT2D eigenvalue weighted by Crippen LogP contribution is 2.24. The van der Waals surface area contributed by atoms with Gasteiger partial charge in [0.25, 0.3) is 0 Å². The Bertz CT molecular complexity index is 629. The lowest BCUT2D eigenvalue weighted by atomic mass is 10.3. The van der Waals surface area contributed by atoms with Crippen LogP contribution in [0.3, 0.4) is 0 Å². The van der Waals surface area contributed by atoms with Gasteiger partial charge in [0.2, 0.25) is 5.91 Å². The highest BCUT2D eigenvalue weighted by Gasteiger charge is 2.18. The molecule has 0 saturated heterocycles. The molecule has 0 bridgehead atoms. The molecule has 5 nitrogen and oxygen atoms in total. The third-order valence-electron chi connectivity index (χ3n) is 2.84. The van der Waals surface area contributed by atoms with Crippen LogP contribution in [-0.2, 0) is 4.79 Å². The summed E-state index contributed by atoms with van der Waals surface area (Å²) >= 11 is 7.28. The molecule has 1 atom stereocenters. The van der Waals surface area contributed by atoms with Gasteiger partial charge in [-0.05, 0) is 39.0 Å². The molecule has 1 aromatic carbocycles. The lowest BCUT2D eigenvalue weighted by Crippen LogP contribution is -2.23. The number of anilines is 1. The van der Waals surface area contributed by atoms with E-state index in [1.165, 1.54) is 11.8 Å². The van der Waals surface area contributed by atoms with Crippen LogP contribution in [0.4, 0.5) is 5.69 Å². The number of carbonyl (C=O) groups is 1. The van der Waals surface area contributed by atoms with Crippen LogP contribution in [0, 0.1) is 0 Å². The SMILES string of the molecule is CC(C)n1cnnc1S[C@H](C)C(=O)Nc1cccc(Cl)c1. The predicted molar refractivity (Wildman–Crippen MR) is 85.8 cm³/mol. The third kappa shape index (κ3) is 4.22. The van der Waals surface area contributed by atoms with Gasteiger partial charge >= 0.3 is 0 Å². The fraction of sp³-hybridized carbons (Fsp3) is 0.357. The third-order valence-corrected chi connectivity index (χ3v) is 4.15. The predicted octanol–water partition coefficient (Wildman–Crippen LogP) is 3.63. The molecule has 21 heavy (non-hydrogen) atoms. The molecular formula is C14H17ClN4OS. The average molecular weight is 325 g/mol. The zero-order chi connectivity index (χ0) is 15.4. The standard InChI is InChI=1S/C14H17ClN4OS/c1-9(2)19-8-16-18-14(19)21-10(3)13(20)17-12-6-4-5-11(15)7-12/h4-10H,1-3H3,(H,17,20)/t10-/m1/s1. The van der Waals surface area contributed by atoms with E-state index < -0.39 is 0 Å². The Morgan fingerprint density at radius 3 is 2.81 bits per heavy atom. The van der Waals surface area contributed by atoms with Gasteiger partial charge in [-0.25, -0.2) is 0 Å². The molecule has 2 aromatic rings. The van der Waals surface area contributed by atoms with Gasteiger partial charge in [-0.3, -0.25) is 4.79 Å². The Morgan fingerprint density at radius 1 is 1.38 bits per heavy atom. The van der Waals surface area contributed by atoms with Gasteiger partial charge in [0.15, 0.2) is 5.16 Å². The summed E-state index contributed by atoms with van der Waals surface area (Å²) in [6, 6.07) is 7.34. The Morgan fingerprint density at radius 2 is 2.14 bits per heavy atom. The number of amides is 1. The number of aromatic nitrogens is 3. The van der Waals surface area contributed by atoms with Gasteiger partial charge in [0.05, 0.1) is 5.25 Å². The molecule has 112 valence electrons. The number of halogens is 1. The van der Waals surface area contributed by atoms with E-state index in [0.717, 1.165) is 5.16 Å². The van der Waals surface area contributed by atoms with Crippen molar-refractivity contribution in [2.24, 2.45) is 0 Å². The minimum Gasteiger partial charge on any atom is -0.325 e. The van der Waals surface area contributed by atoms with Crippen molar-refractivity contribution < 1.29 is 4.79 Å². The van der Waals surface area contributed by atoms with E-state index >= 15 is 0 Å². The number of thioether (sulfide) groups is 1. The van der Waals surface area contributed by atoms with E-state index in [-0.39, 0.29) is 17.2 Å². The van der Waals surface area contributed by atoms with Crippen LogP contribution in [0.25, 0.3) is 0 Å². The average Bonchev–Trinajstić information content (AvgIpc) is 2.87. The fourth-order valence-corrected chi connectivity index (χ4v) is 2.84. The summed E-state index contributed by atoms with van der Waals surface area (Å²) in [5.74, 6) is -0.0967. The van der Waals surface area contributed by atoms with Crippen LogP contribution in [0.1, 0.15) is 26.8 Å². The maximum absolute atomic E-state index is 12.2. The monoisotopic (exact) mass is 324 g/mol. The number of nitrogens with one attached hydrogen (secondary N) is 1. The normalized spacial score (nSPS) is 12.4. The number of hydrogen-bond donors (Lipinski definition) is 1. The first-order valence-electron chi connectivity index (χ1n) is 6.60. The Labute approximate surface area is 133 Å². The summed E-state index contributed by atoms with van der Waals surface area (Å²) in [4.78, 5) is 12.2. The second-order valence-corrected chi connectivity index (χ2v) is 6.62. The lowest BCUT2D eigenvalue weighted by molar-refractivity contribution is -0.115. The quantitative estimate of drug-likeness (QED) is 0.853. The van der Waals surface area contributed by atoms with Crippen LogP contribution in [0.15, 0.2) is 35.7 Å². The van der Waals surface area contributed by atoms with Gasteiger partial charge in [0, 0.05) is 16.8 Å². The second kappa shape index (κ2) is 6.95.